The summed E-state index contributed by atoms with van der Waals surface area (Å²) in [5, 5.41) is 6.47. The van der Waals surface area contributed by atoms with Gasteiger partial charge in [-0.05, 0) is 17.7 Å². The molecule has 1 aromatic carbocycles. The molecule has 0 bridgehead atoms. The summed E-state index contributed by atoms with van der Waals surface area (Å²) in [7, 11) is 1.66. The van der Waals surface area contributed by atoms with Gasteiger partial charge in [-0.25, -0.2) is 0 Å². The molecule has 130 valence electrons. The van der Waals surface area contributed by atoms with Crippen LogP contribution in [0.2, 0.25) is 0 Å². The van der Waals surface area contributed by atoms with Crippen molar-refractivity contribution in [2.24, 2.45) is 0 Å². The first-order valence-electron chi connectivity index (χ1n) is 7.73. The van der Waals surface area contributed by atoms with Gasteiger partial charge in [0.1, 0.15) is 5.75 Å². The molecule has 6 heteroatoms. The molecule has 1 heterocycles. The molecule has 2 N–H and O–H groups in total. The van der Waals surface area contributed by atoms with Crippen molar-refractivity contribution < 1.29 is 9.53 Å². The highest BCUT2D eigenvalue weighted by molar-refractivity contribution is 7.99. The number of halogens is 1. The van der Waals surface area contributed by atoms with E-state index in [1.807, 2.05) is 23.9 Å². The minimum Gasteiger partial charge on any atom is -0.497 e. The number of carbonyl (C=O) groups is 1. The van der Waals surface area contributed by atoms with Gasteiger partial charge in [-0.1, -0.05) is 26.0 Å². The zero-order chi connectivity index (χ0) is 16.0. The lowest BCUT2D eigenvalue weighted by atomic mass is 9.84. The maximum atomic E-state index is 12.1. The summed E-state index contributed by atoms with van der Waals surface area (Å²) in [6.07, 6.45) is 0.561. The van der Waals surface area contributed by atoms with E-state index >= 15 is 0 Å². The molecule has 23 heavy (non-hydrogen) atoms. The normalized spacial score (nSPS) is 18.0. The van der Waals surface area contributed by atoms with Gasteiger partial charge in [0.05, 0.1) is 7.11 Å². The molecule has 0 saturated carbocycles. The Balaban J connectivity index is 0.00000264. The van der Waals surface area contributed by atoms with Crippen LogP contribution in [-0.2, 0) is 10.2 Å². The molecule has 4 nitrogen and oxygen atoms in total. The largest absolute Gasteiger partial charge is 0.497 e. The molecule has 0 radical (unpaired) electrons. The Morgan fingerprint density at radius 2 is 2.09 bits per heavy atom. The highest BCUT2D eigenvalue weighted by atomic mass is 35.5. The third-order valence-corrected chi connectivity index (χ3v) is 5.16. The van der Waals surface area contributed by atoms with Crippen LogP contribution in [0, 0.1) is 0 Å². The van der Waals surface area contributed by atoms with Gasteiger partial charge < -0.3 is 15.4 Å². The molecule has 0 spiro atoms. The van der Waals surface area contributed by atoms with Gasteiger partial charge in [-0.3, -0.25) is 4.79 Å². The predicted octanol–water partition coefficient (Wildman–Crippen LogP) is 2.61. The molecule has 1 amide bonds. The second-order valence-corrected chi connectivity index (χ2v) is 7.47. The number of methoxy groups -OCH3 is 1. The highest BCUT2D eigenvalue weighted by Gasteiger charge is 2.23. The van der Waals surface area contributed by atoms with Crippen LogP contribution in [0.5, 0.6) is 5.75 Å². The highest BCUT2D eigenvalue weighted by Crippen LogP contribution is 2.24. The number of benzene rings is 1. The van der Waals surface area contributed by atoms with Crippen LogP contribution >= 0.6 is 24.2 Å². The fourth-order valence-electron chi connectivity index (χ4n) is 2.51. The molecule has 1 aliphatic rings. The summed E-state index contributed by atoms with van der Waals surface area (Å²) in [4.78, 5) is 12.1. The van der Waals surface area contributed by atoms with E-state index in [1.165, 1.54) is 5.56 Å². The van der Waals surface area contributed by atoms with Crippen LogP contribution in [0.3, 0.4) is 0 Å². The fraction of sp³-hybridized carbons (Fsp3) is 0.588. The van der Waals surface area contributed by atoms with Crippen LogP contribution in [0.15, 0.2) is 24.3 Å². The number of hydrogen-bond donors (Lipinski definition) is 2. The monoisotopic (exact) mass is 358 g/mol. The van der Waals surface area contributed by atoms with E-state index < -0.39 is 0 Å². The third-order valence-electron chi connectivity index (χ3n) is 4.03. The SMILES string of the molecule is COc1ccc(C(C)(C)CNC(=O)CC2CSCCN2)cc1.Cl. The number of rotatable bonds is 6. The number of amides is 1. The van der Waals surface area contributed by atoms with E-state index in [0.29, 0.717) is 19.0 Å². The summed E-state index contributed by atoms with van der Waals surface area (Å²) in [5.74, 6) is 3.14. The topological polar surface area (TPSA) is 50.4 Å². The first-order chi connectivity index (χ1) is 10.5. The second-order valence-electron chi connectivity index (χ2n) is 6.32. The minimum atomic E-state index is -0.101. The summed E-state index contributed by atoms with van der Waals surface area (Å²) >= 11 is 1.91. The van der Waals surface area contributed by atoms with Crippen molar-refractivity contribution in [3.8, 4) is 5.75 Å². The Morgan fingerprint density at radius 1 is 1.39 bits per heavy atom. The van der Waals surface area contributed by atoms with Crippen molar-refractivity contribution in [2.75, 3.05) is 31.7 Å². The Labute approximate surface area is 149 Å². The number of ether oxygens (including phenoxy) is 1. The predicted molar refractivity (Wildman–Crippen MR) is 100 cm³/mol. The molecule has 1 saturated heterocycles. The number of thioether (sulfide) groups is 1. The second kappa shape index (κ2) is 9.40. The summed E-state index contributed by atoms with van der Waals surface area (Å²) in [5.41, 5.74) is 1.09. The van der Waals surface area contributed by atoms with E-state index in [4.69, 9.17) is 4.74 Å². The Morgan fingerprint density at radius 3 is 2.65 bits per heavy atom. The number of hydrogen-bond acceptors (Lipinski definition) is 4. The van der Waals surface area contributed by atoms with Crippen molar-refractivity contribution >= 4 is 30.1 Å². The van der Waals surface area contributed by atoms with Crippen LogP contribution in [0.25, 0.3) is 0 Å². The van der Waals surface area contributed by atoms with Crippen molar-refractivity contribution in [1.29, 1.82) is 0 Å². The molecule has 2 rings (SSSR count). The van der Waals surface area contributed by atoms with Gasteiger partial charge in [-0.2, -0.15) is 11.8 Å². The summed E-state index contributed by atoms with van der Waals surface area (Å²) in [6.45, 7) is 5.92. The molecule has 0 aromatic heterocycles. The fourth-order valence-corrected chi connectivity index (χ4v) is 3.46. The van der Waals surface area contributed by atoms with Gasteiger partial charge in [0.25, 0.3) is 0 Å². The lowest BCUT2D eigenvalue weighted by Crippen LogP contribution is -2.43. The first kappa shape index (κ1) is 20.1. The van der Waals surface area contributed by atoms with Gasteiger partial charge in [0.2, 0.25) is 5.91 Å². The van der Waals surface area contributed by atoms with E-state index in [2.05, 4.69) is 36.6 Å². The molecule has 0 aliphatic carbocycles. The molecular weight excluding hydrogens is 332 g/mol. The number of carbonyl (C=O) groups excluding carboxylic acids is 1. The Hall–Kier alpha value is -0.910. The van der Waals surface area contributed by atoms with Crippen LogP contribution in [0.4, 0.5) is 0 Å². The van der Waals surface area contributed by atoms with Crippen molar-refractivity contribution in [1.82, 2.24) is 10.6 Å². The maximum absolute atomic E-state index is 12.1. The molecule has 1 atom stereocenters. The smallest absolute Gasteiger partial charge is 0.221 e. The summed E-state index contributed by atoms with van der Waals surface area (Å²) in [6, 6.07) is 8.35. The van der Waals surface area contributed by atoms with E-state index in [-0.39, 0.29) is 23.7 Å². The van der Waals surface area contributed by atoms with Crippen LogP contribution in [-0.4, -0.2) is 43.7 Å². The lowest BCUT2D eigenvalue weighted by molar-refractivity contribution is -0.121. The van der Waals surface area contributed by atoms with Crippen molar-refractivity contribution in [3.63, 3.8) is 0 Å². The molecular formula is C17H27ClN2O2S. The average molecular weight is 359 g/mol. The van der Waals surface area contributed by atoms with Crippen molar-refractivity contribution in [3.05, 3.63) is 29.8 Å². The first-order valence-corrected chi connectivity index (χ1v) is 8.89. The molecule has 1 aromatic rings. The Kier molecular flexibility index (Phi) is 8.23. The third kappa shape index (κ3) is 6.24. The van der Waals surface area contributed by atoms with Crippen LogP contribution in [0.1, 0.15) is 25.8 Å². The van der Waals surface area contributed by atoms with Crippen molar-refractivity contribution in [2.45, 2.75) is 31.7 Å². The molecule has 1 fully saturated rings. The van der Waals surface area contributed by atoms with Gasteiger partial charge >= 0.3 is 0 Å². The molecule has 1 aliphatic heterocycles. The Bertz CT molecular complexity index is 488. The standard InChI is InChI=1S/C17H26N2O2S.ClH/c1-17(2,13-4-6-15(21-3)7-5-13)12-19-16(20)10-14-11-22-9-8-18-14;/h4-7,14,18H,8-12H2,1-3H3,(H,19,20);1H. The number of nitrogens with one attached hydrogen (secondary N) is 2. The van der Waals surface area contributed by atoms with Gasteiger partial charge in [0.15, 0.2) is 0 Å². The quantitative estimate of drug-likeness (QED) is 0.820. The van der Waals surface area contributed by atoms with E-state index in [0.717, 1.165) is 23.8 Å². The van der Waals surface area contributed by atoms with Gasteiger partial charge in [-0.15, -0.1) is 12.4 Å². The zero-order valence-electron chi connectivity index (χ0n) is 14.1. The zero-order valence-corrected chi connectivity index (χ0v) is 15.7. The van der Waals surface area contributed by atoms with Gasteiger partial charge in [0, 0.05) is 42.5 Å². The van der Waals surface area contributed by atoms with E-state index in [1.54, 1.807) is 7.11 Å². The summed E-state index contributed by atoms with van der Waals surface area (Å²) < 4.78 is 5.19. The average Bonchev–Trinajstić information content (AvgIpc) is 2.54. The van der Waals surface area contributed by atoms with E-state index in [9.17, 15) is 4.79 Å². The lowest BCUT2D eigenvalue weighted by Gasteiger charge is -2.27. The minimum absolute atomic E-state index is 0. The maximum Gasteiger partial charge on any atom is 0.221 e. The van der Waals surface area contributed by atoms with Crippen LogP contribution < -0.4 is 15.4 Å². The molecule has 1 unspecified atom stereocenters.